The Morgan fingerprint density at radius 3 is 2.87 bits per heavy atom. The molecule has 0 N–H and O–H groups in total. The van der Waals surface area contributed by atoms with E-state index < -0.39 is 0 Å². The standard InChI is InChI=1S/C19H21N3S/c1-14-6-10-23-19(14)13-22-8-4-15(5-9-22)17-11-18-16(12-21-17)3-2-7-20-18/h2-3,6-7,10-12,15H,4-5,8-9,13H2,1H3. The van der Waals surface area contributed by atoms with E-state index in [0.29, 0.717) is 5.92 Å². The van der Waals surface area contributed by atoms with Crippen molar-refractivity contribution in [2.24, 2.45) is 0 Å². The first-order chi connectivity index (χ1) is 11.3. The first-order valence-electron chi connectivity index (χ1n) is 8.25. The van der Waals surface area contributed by atoms with Crippen LogP contribution < -0.4 is 0 Å². The molecule has 4 rings (SSSR count). The van der Waals surface area contributed by atoms with E-state index in [0.717, 1.165) is 30.5 Å². The normalized spacial score (nSPS) is 16.9. The highest BCUT2D eigenvalue weighted by Gasteiger charge is 2.22. The fourth-order valence-corrected chi connectivity index (χ4v) is 4.31. The molecule has 0 amide bonds. The van der Waals surface area contributed by atoms with Gasteiger partial charge in [-0.1, -0.05) is 0 Å². The van der Waals surface area contributed by atoms with E-state index >= 15 is 0 Å². The summed E-state index contributed by atoms with van der Waals surface area (Å²) in [6.07, 6.45) is 6.21. The monoisotopic (exact) mass is 323 g/mol. The van der Waals surface area contributed by atoms with Crippen molar-refractivity contribution in [3.05, 3.63) is 58.2 Å². The van der Waals surface area contributed by atoms with Crippen LogP contribution in [0.2, 0.25) is 0 Å². The Labute approximate surface area is 141 Å². The van der Waals surface area contributed by atoms with Gasteiger partial charge in [0.15, 0.2) is 0 Å². The van der Waals surface area contributed by atoms with Crippen molar-refractivity contribution in [2.75, 3.05) is 13.1 Å². The van der Waals surface area contributed by atoms with Crippen LogP contribution in [-0.4, -0.2) is 28.0 Å². The zero-order chi connectivity index (χ0) is 15.6. The van der Waals surface area contributed by atoms with Gasteiger partial charge < -0.3 is 0 Å². The summed E-state index contributed by atoms with van der Waals surface area (Å²) in [5.41, 5.74) is 3.71. The lowest BCUT2D eigenvalue weighted by Crippen LogP contribution is -2.32. The molecule has 0 atom stereocenters. The summed E-state index contributed by atoms with van der Waals surface area (Å²) in [4.78, 5) is 13.2. The predicted octanol–water partition coefficient (Wildman–Crippen LogP) is 4.38. The lowest BCUT2D eigenvalue weighted by atomic mass is 9.92. The highest BCUT2D eigenvalue weighted by atomic mass is 32.1. The molecule has 0 unspecified atom stereocenters. The molecule has 3 aromatic heterocycles. The first kappa shape index (κ1) is 14.8. The molecule has 1 fully saturated rings. The number of hydrogen-bond acceptors (Lipinski definition) is 4. The van der Waals surface area contributed by atoms with E-state index in [-0.39, 0.29) is 0 Å². The Kier molecular flexibility index (Phi) is 4.10. The summed E-state index contributed by atoms with van der Waals surface area (Å²) in [7, 11) is 0. The highest BCUT2D eigenvalue weighted by molar-refractivity contribution is 7.10. The van der Waals surface area contributed by atoms with Crippen molar-refractivity contribution in [1.82, 2.24) is 14.9 Å². The smallest absolute Gasteiger partial charge is 0.0735 e. The number of pyridine rings is 2. The molecule has 1 saturated heterocycles. The number of fused-ring (bicyclic) bond motifs is 1. The van der Waals surface area contributed by atoms with Crippen molar-refractivity contribution in [3.63, 3.8) is 0 Å². The Bertz CT molecular complexity index is 803. The average molecular weight is 323 g/mol. The fraction of sp³-hybridized carbons (Fsp3) is 0.368. The Morgan fingerprint density at radius 1 is 1.22 bits per heavy atom. The van der Waals surface area contributed by atoms with Crippen LogP contribution >= 0.6 is 11.3 Å². The second-order valence-electron chi connectivity index (χ2n) is 6.38. The third kappa shape index (κ3) is 3.14. The van der Waals surface area contributed by atoms with Crippen LogP contribution in [0.3, 0.4) is 0 Å². The number of thiophene rings is 1. The van der Waals surface area contributed by atoms with Crippen LogP contribution in [0, 0.1) is 6.92 Å². The van der Waals surface area contributed by atoms with Gasteiger partial charge in [-0.3, -0.25) is 14.9 Å². The topological polar surface area (TPSA) is 29.0 Å². The van der Waals surface area contributed by atoms with Crippen molar-refractivity contribution in [3.8, 4) is 0 Å². The van der Waals surface area contributed by atoms with Crippen LogP contribution in [0.5, 0.6) is 0 Å². The van der Waals surface area contributed by atoms with Gasteiger partial charge in [0, 0.05) is 40.8 Å². The SMILES string of the molecule is Cc1ccsc1CN1CCC(c2cc3ncccc3cn2)CC1. The van der Waals surface area contributed by atoms with Gasteiger partial charge in [-0.2, -0.15) is 0 Å². The first-order valence-corrected chi connectivity index (χ1v) is 9.13. The second-order valence-corrected chi connectivity index (χ2v) is 7.38. The van der Waals surface area contributed by atoms with Crippen molar-refractivity contribution in [2.45, 2.75) is 32.2 Å². The Morgan fingerprint density at radius 2 is 2.09 bits per heavy atom. The number of likely N-dealkylation sites (tertiary alicyclic amines) is 1. The molecule has 3 aromatic rings. The van der Waals surface area contributed by atoms with Gasteiger partial charge in [0.05, 0.1) is 5.52 Å². The van der Waals surface area contributed by atoms with Gasteiger partial charge in [0.1, 0.15) is 0 Å². The number of aryl methyl sites for hydroxylation is 1. The molecule has 0 saturated carbocycles. The molecular weight excluding hydrogens is 302 g/mol. The molecule has 4 heteroatoms. The van der Waals surface area contributed by atoms with Gasteiger partial charge in [-0.05, 0) is 68.1 Å². The van der Waals surface area contributed by atoms with Crippen LogP contribution in [0.25, 0.3) is 10.9 Å². The summed E-state index contributed by atoms with van der Waals surface area (Å²) >= 11 is 1.88. The molecule has 1 aliphatic rings. The largest absolute Gasteiger partial charge is 0.298 e. The molecular formula is C19H21N3S. The Balaban J connectivity index is 1.43. The average Bonchev–Trinajstić information content (AvgIpc) is 3.00. The van der Waals surface area contributed by atoms with Crippen LogP contribution in [0.4, 0.5) is 0 Å². The van der Waals surface area contributed by atoms with Crippen molar-refractivity contribution in [1.29, 1.82) is 0 Å². The minimum Gasteiger partial charge on any atom is -0.298 e. The predicted molar refractivity (Wildman–Crippen MR) is 95.8 cm³/mol. The number of hydrogen-bond donors (Lipinski definition) is 0. The third-order valence-electron chi connectivity index (χ3n) is 4.85. The summed E-state index contributed by atoms with van der Waals surface area (Å²) in [5, 5.41) is 3.32. The van der Waals surface area contributed by atoms with E-state index in [1.54, 1.807) is 0 Å². The van der Waals surface area contributed by atoms with Gasteiger partial charge >= 0.3 is 0 Å². The summed E-state index contributed by atoms with van der Waals surface area (Å²) in [5.74, 6) is 0.571. The molecule has 23 heavy (non-hydrogen) atoms. The number of aromatic nitrogens is 2. The molecule has 0 radical (unpaired) electrons. The summed E-state index contributed by atoms with van der Waals surface area (Å²) in [6, 6.07) is 8.44. The van der Waals surface area contributed by atoms with E-state index in [4.69, 9.17) is 0 Å². The maximum absolute atomic E-state index is 4.69. The zero-order valence-corrected chi connectivity index (χ0v) is 14.2. The van der Waals surface area contributed by atoms with Gasteiger partial charge in [-0.25, -0.2) is 0 Å². The lowest BCUT2D eigenvalue weighted by molar-refractivity contribution is 0.204. The molecule has 4 heterocycles. The van der Waals surface area contributed by atoms with Gasteiger partial charge in [0.2, 0.25) is 0 Å². The number of nitrogens with zero attached hydrogens (tertiary/aromatic N) is 3. The molecule has 0 spiro atoms. The number of rotatable bonds is 3. The van der Waals surface area contributed by atoms with Gasteiger partial charge in [0.25, 0.3) is 0 Å². The van der Waals surface area contributed by atoms with Crippen molar-refractivity contribution >= 4 is 22.2 Å². The third-order valence-corrected chi connectivity index (χ3v) is 5.86. The van der Waals surface area contributed by atoms with Gasteiger partial charge in [-0.15, -0.1) is 11.3 Å². The number of piperidine rings is 1. The maximum atomic E-state index is 4.69. The van der Waals surface area contributed by atoms with Crippen molar-refractivity contribution < 1.29 is 0 Å². The minimum absolute atomic E-state index is 0.571. The minimum atomic E-state index is 0.571. The van der Waals surface area contributed by atoms with E-state index in [9.17, 15) is 0 Å². The Hall–Kier alpha value is -1.78. The molecule has 3 nitrogen and oxygen atoms in total. The van der Waals surface area contributed by atoms with Crippen LogP contribution in [-0.2, 0) is 6.54 Å². The second kappa shape index (κ2) is 6.38. The zero-order valence-electron chi connectivity index (χ0n) is 13.4. The maximum Gasteiger partial charge on any atom is 0.0735 e. The summed E-state index contributed by atoms with van der Waals surface area (Å²) < 4.78 is 0. The molecule has 0 aromatic carbocycles. The van der Waals surface area contributed by atoms with E-state index in [1.165, 1.54) is 29.0 Å². The van der Waals surface area contributed by atoms with E-state index in [2.05, 4.69) is 45.4 Å². The van der Waals surface area contributed by atoms with E-state index in [1.807, 2.05) is 29.8 Å². The quantitative estimate of drug-likeness (QED) is 0.716. The van der Waals surface area contributed by atoms with Crippen LogP contribution in [0.15, 0.2) is 42.0 Å². The fourth-order valence-electron chi connectivity index (χ4n) is 3.36. The highest BCUT2D eigenvalue weighted by Crippen LogP contribution is 2.29. The molecule has 118 valence electrons. The summed E-state index contributed by atoms with van der Waals surface area (Å²) in [6.45, 7) is 5.63. The molecule has 1 aliphatic heterocycles. The lowest BCUT2D eigenvalue weighted by Gasteiger charge is -2.31. The molecule has 0 bridgehead atoms. The van der Waals surface area contributed by atoms with Crippen LogP contribution in [0.1, 0.15) is 34.9 Å². The molecule has 0 aliphatic carbocycles.